The van der Waals surface area contributed by atoms with E-state index in [0.29, 0.717) is 20.1 Å². The second kappa shape index (κ2) is 8.49. The monoisotopic (exact) mass is 466 g/mol. The summed E-state index contributed by atoms with van der Waals surface area (Å²) in [5.41, 5.74) is 5.33. The lowest BCUT2D eigenvalue weighted by Crippen LogP contribution is -3.00. The summed E-state index contributed by atoms with van der Waals surface area (Å²) in [6.07, 6.45) is 0. The number of hydrogen-bond donors (Lipinski definition) is 0. The van der Waals surface area contributed by atoms with E-state index >= 15 is 0 Å². The van der Waals surface area contributed by atoms with Crippen molar-refractivity contribution in [1.29, 1.82) is 0 Å². The SMILES string of the molecule is Cc1c(-c2ccc(Cl)cc2Cl)nc2ccc(Cl)cc2c1-c1ccccc1Cl.[Cl-]. The van der Waals surface area contributed by atoms with Crippen molar-refractivity contribution in [2.45, 2.75) is 6.92 Å². The van der Waals surface area contributed by atoms with Crippen LogP contribution in [-0.4, -0.2) is 4.98 Å². The predicted molar refractivity (Wildman–Crippen MR) is 117 cm³/mol. The number of pyridine rings is 1. The quantitative estimate of drug-likeness (QED) is 0.379. The minimum absolute atomic E-state index is 0. The number of benzene rings is 3. The molecule has 0 aliphatic rings. The highest BCUT2D eigenvalue weighted by atomic mass is 35.5. The van der Waals surface area contributed by atoms with Crippen molar-refractivity contribution < 1.29 is 12.4 Å². The Kier molecular flexibility index (Phi) is 6.44. The average Bonchev–Trinajstić information content (AvgIpc) is 2.63. The third kappa shape index (κ3) is 3.83. The van der Waals surface area contributed by atoms with Gasteiger partial charge in [-0.3, -0.25) is 0 Å². The molecule has 4 rings (SSSR count). The van der Waals surface area contributed by atoms with E-state index in [-0.39, 0.29) is 12.4 Å². The molecule has 3 aromatic carbocycles. The van der Waals surface area contributed by atoms with Gasteiger partial charge in [-0.1, -0.05) is 64.6 Å². The van der Waals surface area contributed by atoms with Crippen molar-refractivity contribution in [2.75, 3.05) is 0 Å². The van der Waals surface area contributed by atoms with Crippen LogP contribution in [-0.2, 0) is 0 Å². The molecule has 0 spiro atoms. The molecule has 0 unspecified atom stereocenters. The third-order valence-electron chi connectivity index (χ3n) is 4.52. The summed E-state index contributed by atoms with van der Waals surface area (Å²) in [4.78, 5) is 4.86. The van der Waals surface area contributed by atoms with Crippen molar-refractivity contribution in [1.82, 2.24) is 4.98 Å². The molecule has 1 heterocycles. The Morgan fingerprint density at radius 2 is 1.39 bits per heavy atom. The molecule has 0 radical (unpaired) electrons. The maximum absolute atomic E-state index is 6.52. The molecule has 28 heavy (non-hydrogen) atoms. The lowest BCUT2D eigenvalue weighted by atomic mass is 9.93. The molecule has 0 bridgehead atoms. The van der Waals surface area contributed by atoms with Crippen molar-refractivity contribution in [3.8, 4) is 22.4 Å². The van der Waals surface area contributed by atoms with Crippen molar-refractivity contribution >= 4 is 57.3 Å². The van der Waals surface area contributed by atoms with Crippen LogP contribution >= 0.6 is 46.4 Å². The first-order chi connectivity index (χ1) is 13.0. The molecule has 0 N–H and O–H groups in total. The van der Waals surface area contributed by atoms with E-state index in [2.05, 4.69) is 0 Å². The van der Waals surface area contributed by atoms with Crippen LogP contribution in [0.5, 0.6) is 0 Å². The zero-order valence-electron chi connectivity index (χ0n) is 14.6. The third-order valence-corrected chi connectivity index (χ3v) is 5.63. The topological polar surface area (TPSA) is 12.9 Å². The zero-order valence-corrected chi connectivity index (χ0v) is 18.4. The summed E-state index contributed by atoms with van der Waals surface area (Å²) < 4.78 is 0. The number of aromatic nitrogens is 1. The Morgan fingerprint density at radius 1 is 0.714 bits per heavy atom. The minimum Gasteiger partial charge on any atom is -1.00 e. The van der Waals surface area contributed by atoms with Gasteiger partial charge in [-0.15, -0.1) is 0 Å². The first-order valence-electron chi connectivity index (χ1n) is 8.26. The first-order valence-corrected chi connectivity index (χ1v) is 9.77. The number of halogens is 5. The molecule has 0 aliphatic carbocycles. The van der Waals surface area contributed by atoms with E-state index in [4.69, 9.17) is 51.4 Å². The average molecular weight is 469 g/mol. The van der Waals surface area contributed by atoms with Crippen molar-refractivity contribution in [2.24, 2.45) is 0 Å². The van der Waals surface area contributed by atoms with Crippen LogP contribution in [0.3, 0.4) is 0 Å². The Balaban J connectivity index is 0.00000225. The maximum Gasteiger partial charge on any atom is 0.0760 e. The van der Waals surface area contributed by atoms with Crippen molar-refractivity contribution in [3.63, 3.8) is 0 Å². The van der Waals surface area contributed by atoms with Crippen LogP contribution in [0, 0.1) is 6.92 Å². The summed E-state index contributed by atoms with van der Waals surface area (Å²) in [6, 6.07) is 18.8. The second-order valence-corrected chi connectivity index (χ2v) is 7.91. The number of fused-ring (bicyclic) bond motifs is 1. The fourth-order valence-electron chi connectivity index (χ4n) is 3.29. The Bertz CT molecular complexity index is 1190. The van der Waals surface area contributed by atoms with Gasteiger partial charge in [-0.2, -0.15) is 0 Å². The largest absolute Gasteiger partial charge is 1.00 e. The van der Waals surface area contributed by atoms with E-state index in [1.165, 1.54) is 0 Å². The highest BCUT2D eigenvalue weighted by Crippen LogP contribution is 2.41. The van der Waals surface area contributed by atoms with Gasteiger partial charge < -0.3 is 12.4 Å². The number of hydrogen-bond acceptors (Lipinski definition) is 1. The predicted octanol–water partition coefficient (Wildman–Crippen LogP) is 5.49. The Labute approximate surface area is 189 Å². The second-order valence-electron chi connectivity index (χ2n) is 6.23. The molecule has 0 fully saturated rings. The number of rotatable bonds is 2. The summed E-state index contributed by atoms with van der Waals surface area (Å²) in [5.74, 6) is 0. The summed E-state index contributed by atoms with van der Waals surface area (Å²) >= 11 is 25.3. The normalized spacial score (nSPS) is 10.8. The van der Waals surface area contributed by atoms with E-state index in [0.717, 1.165) is 38.9 Å². The molecule has 0 atom stereocenters. The molecule has 0 aliphatic heterocycles. The first kappa shape index (κ1) is 21.2. The molecule has 4 aromatic rings. The highest BCUT2D eigenvalue weighted by Gasteiger charge is 2.18. The molecule has 0 saturated heterocycles. The van der Waals surface area contributed by atoms with Gasteiger partial charge >= 0.3 is 0 Å². The van der Waals surface area contributed by atoms with E-state index in [1.54, 1.807) is 6.07 Å². The van der Waals surface area contributed by atoms with Crippen LogP contribution in [0.2, 0.25) is 20.1 Å². The maximum atomic E-state index is 6.52. The van der Waals surface area contributed by atoms with Gasteiger partial charge in [0.1, 0.15) is 0 Å². The molecule has 0 amide bonds. The molecule has 0 saturated carbocycles. The standard InChI is InChI=1S/C22H13Cl4N.ClH/c1-12-21(15-4-2-3-5-18(15)25)17-10-13(23)7-9-20(17)27-22(12)16-8-6-14(24)11-19(16)26;/h2-11H,1H3;1H/p-1. The van der Waals surface area contributed by atoms with Crippen LogP contribution < -0.4 is 12.4 Å². The summed E-state index contributed by atoms with van der Waals surface area (Å²) in [5, 5.41) is 3.40. The van der Waals surface area contributed by atoms with Crippen LogP contribution in [0.1, 0.15) is 5.56 Å². The van der Waals surface area contributed by atoms with Gasteiger partial charge in [0.15, 0.2) is 0 Å². The van der Waals surface area contributed by atoms with Gasteiger partial charge in [-0.25, -0.2) is 4.98 Å². The fraction of sp³-hybridized carbons (Fsp3) is 0.0455. The van der Waals surface area contributed by atoms with Gasteiger partial charge in [0, 0.05) is 31.6 Å². The van der Waals surface area contributed by atoms with Gasteiger partial charge in [-0.05, 0) is 60.5 Å². The lowest BCUT2D eigenvalue weighted by Gasteiger charge is -2.17. The molecule has 142 valence electrons. The van der Waals surface area contributed by atoms with E-state index < -0.39 is 0 Å². The number of nitrogens with zero attached hydrogens (tertiary/aromatic N) is 1. The smallest absolute Gasteiger partial charge is 0.0760 e. The lowest BCUT2D eigenvalue weighted by molar-refractivity contribution is -0.00000494. The van der Waals surface area contributed by atoms with Crippen LogP contribution in [0.25, 0.3) is 33.3 Å². The molecule has 1 nitrogen and oxygen atoms in total. The molecule has 1 aromatic heterocycles. The van der Waals surface area contributed by atoms with Gasteiger partial charge in [0.25, 0.3) is 0 Å². The van der Waals surface area contributed by atoms with Crippen molar-refractivity contribution in [3.05, 3.63) is 86.3 Å². The fourth-order valence-corrected chi connectivity index (χ4v) is 4.19. The summed E-state index contributed by atoms with van der Waals surface area (Å²) in [6.45, 7) is 2.02. The molecular formula is C22H13Cl5N-. The Morgan fingerprint density at radius 3 is 2.11 bits per heavy atom. The van der Waals surface area contributed by atoms with E-state index in [1.807, 2.05) is 61.5 Å². The van der Waals surface area contributed by atoms with Gasteiger partial charge in [0.05, 0.1) is 16.2 Å². The molecular weight excluding hydrogens is 456 g/mol. The van der Waals surface area contributed by atoms with Crippen LogP contribution in [0.15, 0.2) is 60.7 Å². The van der Waals surface area contributed by atoms with Gasteiger partial charge in [0.2, 0.25) is 0 Å². The van der Waals surface area contributed by atoms with Crippen LogP contribution in [0.4, 0.5) is 0 Å². The molecule has 6 heteroatoms. The van der Waals surface area contributed by atoms with E-state index in [9.17, 15) is 0 Å². The minimum atomic E-state index is 0. The Hall–Kier alpha value is -1.48. The zero-order chi connectivity index (χ0) is 19.1. The summed E-state index contributed by atoms with van der Waals surface area (Å²) in [7, 11) is 0. The highest BCUT2D eigenvalue weighted by molar-refractivity contribution is 6.37.